The van der Waals surface area contributed by atoms with E-state index in [0.717, 1.165) is 16.7 Å². The first kappa shape index (κ1) is 19.1. The van der Waals surface area contributed by atoms with Gasteiger partial charge in [-0.05, 0) is 56.2 Å². The molecule has 0 unspecified atom stereocenters. The number of sulfonamides is 1. The molecule has 5 nitrogen and oxygen atoms in total. The molecule has 0 heterocycles. The van der Waals surface area contributed by atoms with Crippen molar-refractivity contribution in [2.24, 2.45) is 0 Å². The van der Waals surface area contributed by atoms with E-state index in [2.05, 4.69) is 5.32 Å². The van der Waals surface area contributed by atoms with E-state index in [9.17, 15) is 13.2 Å². The lowest BCUT2D eigenvalue weighted by Gasteiger charge is -2.17. The quantitative estimate of drug-likeness (QED) is 0.861. The summed E-state index contributed by atoms with van der Waals surface area (Å²) in [5.41, 5.74) is 3.75. The minimum absolute atomic E-state index is 0.201. The van der Waals surface area contributed by atoms with E-state index in [0.29, 0.717) is 5.56 Å². The normalized spacial score (nSPS) is 11.6. The van der Waals surface area contributed by atoms with Crippen molar-refractivity contribution in [1.29, 1.82) is 0 Å². The molecule has 0 aliphatic carbocycles. The van der Waals surface area contributed by atoms with Gasteiger partial charge in [-0.15, -0.1) is 0 Å². The summed E-state index contributed by atoms with van der Waals surface area (Å²) in [5, 5.41) is 2.76. The van der Waals surface area contributed by atoms with Gasteiger partial charge in [-0.2, -0.15) is 4.31 Å². The van der Waals surface area contributed by atoms with Crippen molar-refractivity contribution in [3.05, 3.63) is 64.7 Å². The highest BCUT2D eigenvalue weighted by atomic mass is 32.2. The highest BCUT2D eigenvalue weighted by Crippen LogP contribution is 2.14. The van der Waals surface area contributed by atoms with Crippen LogP contribution < -0.4 is 5.32 Å². The lowest BCUT2D eigenvalue weighted by Crippen LogP contribution is -2.36. The molecule has 6 heteroatoms. The number of hydrogen-bond donors (Lipinski definition) is 1. The average Bonchev–Trinajstić information content (AvgIpc) is 2.57. The summed E-state index contributed by atoms with van der Waals surface area (Å²) in [5.74, 6) is -0.204. The second-order valence-corrected chi connectivity index (χ2v) is 8.24. The number of benzene rings is 2. The van der Waals surface area contributed by atoms with Gasteiger partial charge in [0.2, 0.25) is 10.0 Å². The van der Waals surface area contributed by atoms with Crippen LogP contribution >= 0.6 is 0 Å². The largest absolute Gasteiger partial charge is 0.351 e. The van der Waals surface area contributed by atoms with Gasteiger partial charge in [-0.1, -0.05) is 23.8 Å². The van der Waals surface area contributed by atoms with Crippen LogP contribution in [0.4, 0.5) is 0 Å². The molecule has 2 aromatic carbocycles. The van der Waals surface area contributed by atoms with Crippen LogP contribution in [0.5, 0.6) is 0 Å². The maximum Gasteiger partial charge on any atom is 0.251 e. The molecular weight excluding hydrogens is 336 g/mol. The van der Waals surface area contributed by atoms with E-state index in [1.165, 1.54) is 11.4 Å². The Morgan fingerprint density at radius 3 is 2.24 bits per heavy atom. The Hall–Kier alpha value is -2.18. The minimum atomic E-state index is -3.55. The molecule has 134 valence electrons. The molecule has 0 fully saturated rings. The second kappa shape index (κ2) is 7.80. The Balaban J connectivity index is 1.95. The molecule has 0 aliphatic rings. The van der Waals surface area contributed by atoms with E-state index in [1.807, 2.05) is 32.9 Å². The molecule has 25 heavy (non-hydrogen) atoms. The van der Waals surface area contributed by atoms with Crippen LogP contribution in [0.2, 0.25) is 0 Å². The van der Waals surface area contributed by atoms with Gasteiger partial charge >= 0.3 is 0 Å². The van der Waals surface area contributed by atoms with Gasteiger partial charge in [0, 0.05) is 25.7 Å². The number of amides is 1. The topological polar surface area (TPSA) is 66.5 Å². The van der Waals surface area contributed by atoms with E-state index >= 15 is 0 Å². The molecule has 0 bridgehead atoms. The average molecular weight is 360 g/mol. The standard InChI is InChI=1S/C19H24N2O3S/c1-14-5-9-18(10-6-14)25(23,24)21(4)12-11-20-19(22)17-8-7-15(2)16(3)13-17/h5-10,13H,11-12H2,1-4H3,(H,20,22). The number of hydrogen-bond acceptors (Lipinski definition) is 3. The lowest BCUT2D eigenvalue weighted by molar-refractivity contribution is 0.0952. The number of rotatable bonds is 6. The summed E-state index contributed by atoms with van der Waals surface area (Å²) in [6.45, 7) is 6.29. The molecule has 1 N–H and O–H groups in total. The van der Waals surface area contributed by atoms with Crippen LogP contribution in [-0.4, -0.2) is 38.8 Å². The molecule has 0 atom stereocenters. The van der Waals surface area contributed by atoms with Crippen molar-refractivity contribution >= 4 is 15.9 Å². The fourth-order valence-electron chi connectivity index (χ4n) is 2.32. The van der Waals surface area contributed by atoms with Gasteiger partial charge in [0.15, 0.2) is 0 Å². The predicted octanol–water partition coefficient (Wildman–Crippen LogP) is 2.66. The monoisotopic (exact) mass is 360 g/mol. The molecule has 0 spiro atoms. The summed E-state index contributed by atoms with van der Waals surface area (Å²) in [4.78, 5) is 12.4. The Morgan fingerprint density at radius 1 is 1.00 bits per heavy atom. The van der Waals surface area contributed by atoms with Crippen LogP contribution in [0.15, 0.2) is 47.4 Å². The minimum Gasteiger partial charge on any atom is -0.351 e. The Labute approximate surface area is 149 Å². The molecule has 2 rings (SSSR count). The van der Waals surface area contributed by atoms with Crippen molar-refractivity contribution in [3.8, 4) is 0 Å². The van der Waals surface area contributed by atoms with E-state index in [1.54, 1.807) is 30.3 Å². The van der Waals surface area contributed by atoms with Crippen molar-refractivity contribution in [2.45, 2.75) is 25.7 Å². The molecule has 0 aliphatic heterocycles. The van der Waals surface area contributed by atoms with Crippen molar-refractivity contribution in [3.63, 3.8) is 0 Å². The van der Waals surface area contributed by atoms with Gasteiger partial charge in [0.1, 0.15) is 0 Å². The van der Waals surface area contributed by atoms with Crippen molar-refractivity contribution in [2.75, 3.05) is 20.1 Å². The third-order valence-electron chi connectivity index (χ3n) is 4.21. The maximum atomic E-state index is 12.5. The number of carbonyl (C=O) groups is 1. The summed E-state index contributed by atoms with van der Waals surface area (Å²) in [6.07, 6.45) is 0. The molecular formula is C19H24N2O3S. The maximum absolute atomic E-state index is 12.5. The van der Waals surface area contributed by atoms with E-state index < -0.39 is 10.0 Å². The van der Waals surface area contributed by atoms with Gasteiger partial charge in [0.05, 0.1) is 4.90 Å². The highest BCUT2D eigenvalue weighted by Gasteiger charge is 2.20. The lowest BCUT2D eigenvalue weighted by atomic mass is 10.1. The van der Waals surface area contributed by atoms with Crippen molar-refractivity contribution in [1.82, 2.24) is 9.62 Å². The zero-order valence-electron chi connectivity index (χ0n) is 15.0. The summed E-state index contributed by atoms with van der Waals surface area (Å²) >= 11 is 0. The van der Waals surface area contributed by atoms with E-state index in [4.69, 9.17) is 0 Å². The van der Waals surface area contributed by atoms with Gasteiger partial charge < -0.3 is 5.32 Å². The van der Waals surface area contributed by atoms with Gasteiger partial charge in [-0.3, -0.25) is 4.79 Å². The molecule has 0 saturated heterocycles. The summed E-state index contributed by atoms with van der Waals surface area (Å²) in [6, 6.07) is 12.2. The molecule has 0 radical (unpaired) electrons. The van der Waals surface area contributed by atoms with E-state index in [-0.39, 0.29) is 23.9 Å². The number of likely N-dealkylation sites (N-methyl/N-ethyl adjacent to an activating group) is 1. The van der Waals surface area contributed by atoms with Crippen molar-refractivity contribution < 1.29 is 13.2 Å². The zero-order chi connectivity index (χ0) is 18.6. The fraction of sp³-hybridized carbons (Fsp3) is 0.316. The van der Waals surface area contributed by atoms with Gasteiger partial charge in [0.25, 0.3) is 5.91 Å². The number of nitrogens with zero attached hydrogens (tertiary/aromatic N) is 1. The first-order valence-electron chi connectivity index (χ1n) is 8.10. The number of aryl methyl sites for hydroxylation is 3. The van der Waals surface area contributed by atoms with Crippen LogP contribution in [0.1, 0.15) is 27.0 Å². The van der Waals surface area contributed by atoms with Crippen LogP contribution in [-0.2, 0) is 10.0 Å². The second-order valence-electron chi connectivity index (χ2n) is 6.19. The first-order valence-corrected chi connectivity index (χ1v) is 9.54. The van der Waals surface area contributed by atoms with Crippen LogP contribution in [0.25, 0.3) is 0 Å². The zero-order valence-corrected chi connectivity index (χ0v) is 15.9. The van der Waals surface area contributed by atoms with Crippen LogP contribution in [0.3, 0.4) is 0 Å². The molecule has 1 amide bonds. The number of carbonyl (C=O) groups excluding carboxylic acids is 1. The SMILES string of the molecule is Cc1ccc(S(=O)(=O)N(C)CCNC(=O)c2ccc(C)c(C)c2)cc1. The van der Waals surface area contributed by atoms with Crippen LogP contribution in [0, 0.1) is 20.8 Å². The predicted molar refractivity (Wildman–Crippen MR) is 99.2 cm³/mol. The fourth-order valence-corrected chi connectivity index (χ4v) is 3.49. The summed E-state index contributed by atoms with van der Waals surface area (Å²) in [7, 11) is -2.04. The third-order valence-corrected chi connectivity index (χ3v) is 6.08. The number of nitrogens with one attached hydrogen (secondary N) is 1. The molecule has 0 aromatic heterocycles. The molecule has 0 saturated carbocycles. The Bertz CT molecular complexity index is 859. The first-order chi connectivity index (χ1) is 11.7. The Kier molecular flexibility index (Phi) is 5.98. The highest BCUT2D eigenvalue weighted by molar-refractivity contribution is 7.89. The van der Waals surface area contributed by atoms with Gasteiger partial charge in [-0.25, -0.2) is 8.42 Å². The smallest absolute Gasteiger partial charge is 0.251 e. The Morgan fingerprint density at radius 2 is 1.64 bits per heavy atom. The molecule has 2 aromatic rings. The summed E-state index contributed by atoms with van der Waals surface area (Å²) < 4.78 is 26.2. The third kappa shape index (κ3) is 4.67.